The van der Waals surface area contributed by atoms with Crippen LogP contribution < -0.4 is 5.56 Å². The van der Waals surface area contributed by atoms with E-state index in [0.29, 0.717) is 24.6 Å². The molecule has 1 amide bonds. The third-order valence-electron chi connectivity index (χ3n) is 5.35. The number of amides is 1. The number of hydrogen-bond acceptors (Lipinski definition) is 4. The summed E-state index contributed by atoms with van der Waals surface area (Å²) < 4.78 is 8.74. The monoisotopic (exact) mass is 376 g/mol. The van der Waals surface area contributed by atoms with Gasteiger partial charge in [0.2, 0.25) is 0 Å². The SMILES string of the molecule is Cc1c2c(n(C)c(=O)c1Cl)CN(C(=O)c1cnn(CC3CCOC3)c1)C2. The zero-order chi connectivity index (χ0) is 18.4. The Morgan fingerprint density at radius 1 is 1.42 bits per heavy atom. The van der Waals surface area contributed by atoms with E-state index in [0.717, 1.165) is 43.0 Å². The van der Waals surface area contributed by atoms with Gasteiger partial charge >= 0.3 is 0 Å². The largest absolute Gasteiger partial charge is 0.381 e. The molecule has 8 heteroatoms. The number of halogens is 1. The highest BCUT2D eigenvalue weighted by Crippen LogP contribution is 2.28. The van der Waals surface area contributed by atoms with Crippen molar-refractivity contribution in [1.82, 2.24) is 19.2 Å². The Kier molecular flexibility index (Phi) is 4.36. The number of ether oxygens (including phenoxy) is 1. The molecular formula is C18H21ClN4O3. The van der Waals surface area contributed by atoms with Crippen LogP contribution in [0.15, 0.2) is 17.2 Å². The number of aromatic nitrogens is 3. The summed E-state index contributed by atoms with van der Waals surface area (Å²) in [6.07, 6.45) is 4.43. The van der Waals surface area contributed by atoms with Crippen molar-refractivity contribution in [2.45, 2.75) is 33.0 Å². The normalized spacial score (nSPS) is 19.2. The van der Waals surface area contributed by atoms with Gasteiger partial charge in [-0.1, -0.05) is 11.6 Å². The molecule has 1 unspecified atom stereocenters. The van der Waals surface area contributed by atoms with Crippen molar-refractivity contribution in [3.8, 4) is 0 Å². The molecule has 2 aliphatic heterocycles. The van der Waals surface area contributed by atoms with E-state index in [1.807, 2.05) is 11.6 Å². The minimum atomic E-state index is -0.219. The van der Waals surface area contributed by atoms with Gasteiger partial charge in [0.1, 0.15) is 5.02 Å². The summed E-state index contributed by atoms with van der Waals surface area (Å²) in [6.45, 7) is 4.99. The van der Waals surface area contributed by atoms with Crippen LogP contribution in [0, 0.1) is 12.8 Å². The number of fused-ring (bicyclic) bond motifs is 1. The lowest BCUT2D eigenvalue weighted by molar-refractivity contribution is 0.0749. The molecule has 0 bridgehead atoms. The second-order valence-electron chi connectivity index (χ2n) is 7.07. The fraction of sp³-hybridized carbons (Fsp3) is 0.500. The van der Waals surface area contributed by atoms with Gasteiger partial charge in [-0.2, -0.15) is 5.10 Å². The maximum absolute atomic E-state index is 12.9. The molecular weight excluding hydrogens is 356 g/mol. The molecule has 26 heavy (non-hydrogen) atoms. The molecule has 0 spiro atoms. The fourth-order valence-electron chi connectivity index (χ4n) is 3.71. The standard InChI is InChI=1S/C18H21ClN4O3/c1-11-14-8-22(9-15(14)21(2)18(25)16(11)19)17(24)13-5-20-23(7-13)6-12-3-4-26-10-12/h5,7,12H,3-4,6,8-10H2,1-2H3. The van der Waals surface area contributed by atoms with Gasteiger partial charge in [-0.05, 0) is 24.5 Å². The number of hydrogen-bond donors (Lipinski definition) is 0. The Morgan fingerprint density at radius 3 is 2.96 bits per heavy atom. The second-order valence-corrected chi connectivity index (χ2v) is 7.45. The van der Waals surface area contributed by atoms with E-state index in [9.17, 15) is 9.59 Å². The highest BCUT2D eigenvalue weighted by molar-refractivity contribution is 6.31. The van der Waals surface area contributed by atoms with Crippen molar-refractivity contribution < 1.29 is 9.53 Å². The maximum atomic E-state index is 12.9. The predicted molar refractivity (Wildman–Crippen MR) is 96.2 cm³/mol. The molecule has 2 aliphatic rings. The molecule has 2 aromatic heterocycles. The van der Waals surface area contributed by atoms with Crippen molar-refractivity contribution in [1.29, 1.82) is 0 Å². The molecule has 0 saturated carbocycles. The average Bonchev–Trinajstić information content (AvgIpc) is 3.38. The van der Waals surface area contributed by atoms with Gasteiger partial charge in [0.05, 0.1) is 24.9 Å². The first-order valence-corrected chi connectivity index (χ1v) is 9.09. The quantitative estimate of drug-likeness (QED) is 0.818. The molecule has 1 saturated heterocycles. The van der Waals surface area contributed by atoms with Crippen LogP contribution in [0.3, 0.4) is 0 Å². The molecule has 0 N–H and O–H groups in total. The predicted octanol–water partition coefficient (Wildman–Crippen LogP) is 1.74. The topological polar surface area (TPSA) is 69.4 Å². The molecule has 0 aromatic carbocycles. The van der Waals surface area contributed by atoms with Crippen LogP contribution in [-0.2, 0) is 31.4 Å². The lowest BCUT2D eigenvalue weighted by Gasteiger charge is -2.14. The molecule has 0 aliphatic carbocycles. The summed E-state index contributed by atoms with van der Waals surface area (Å²) in [5, 5.41) is 4.55. The summed E-state index contributed by atoms with van der Waals surface area (Å²) >= 11 is 6.13. The van der Waals surface area contributed by atoms with Crippen LogP contribution in [0.5, 0.6) is 0 Å². The number of nitrogens with zero attached hydrogens (tertiary/aromatic N) is 4. The van der Waals surface area contributed by atoms with Gasteiger partial charge in [-0.3, -0.25) is 14.3 Å². The van der Waals surface area contributed by atoms with Crippen LogP contribution in [0.4, 0.5) is 0 Å². The van der Waals surface area contributed by atoms with E-state index >= 15 is 0 Å². The Hall–Kier alpha value is -2.12. The van der Waals surface area contributed by atoms with E-state index in [1.54, 1.807) is 28.9 Å². The summed E-state index contributed by atoms with van der Waals surface area (Å²) in [7, 11) is 1.70. The third-order valence-corrected chi connectivity index (χ3v) is 5.80. The fourth-order valence-corrected chi connectivity index (χ4v) is 3.95. The van der Waals surface area contributed by atoms with Crippen LogP contribution >= 0.6 is 11.6 Å². The molecule has 4 rings (SSSR count). The first-order chi connectivity index (χ1) is 12.5. The van der Waals surface area contributed by atoms with Crippen LogP contribution in [0.2, 0.25) is 5.02 Å². The Balaban J connectivity index is 1.53. The lowest BCUT2D eigenvalue weighted by Crippen LogP contribution is -2.26. The van der Waals surface area contributed by atoms with Gasteiger partial charge in [0.25, 0.3) is 11.5 Å². The van der Waals surface area contributed by atoms with Gasteiger partial charge < -0.3 is 14.2 Å². The Morgan fingerprint density at radius 2 is 2.23 bits per heavy atom. The third kappa shape index (κ3) is 2.85. The van der Waals surface area contributed by atoms with Gasteiger partial charge in [-0.25, -0.2) is 0 Å². The maximum Gasteiger partial charge on any atom is 0.269 e. The minimum absolute atomic E-state index is 0.0851. The number of carbonyl (C=O) groups excluding carboxylic acids is 1. The zero-order valence-electron chi connectivity index (χ0n) is 14.9. The molecule has 2 aromatic rings. The molecule has 138 valence electrons. The Bertz CT molecular complexity index is 927. The van der Waals surface area contributed by atoms with E-state index in [2.05, 4.69) is 5.10 Å². The van der Waals surface area contributed by atoms with Crippen molar-refractivity contribution in [3.63, 3.8) is 0 Å². The summed E-state index contributed by atoms with van der Waals surface area (Å²) in [6, 6.07) is 0. The summed E-state index contributed by atoms with van der Waals surface area (Å²) in [5.41, 5.74) is 2.91. The van der Waals surface area contributed by atoms with E-state index in [4.69, 9.17) is 16.3 Å². The summed E-state index contributed by atoms with van der Waals surface area (Å²) in [4.78, 5) is 26.8. The Labute approximate surface area is 156 Å². The molecule has 0 radical (unpaired) electrons. The van der Waals surface area contributed by atoms with Crippen LogP contribution in [-0.4, -0.2) is 38.4 Å². The first-order valence-electron chi connectivity index (χ1n) is 8.72. The van der Waals surface area contributed by atoms with Gasteiger partial charge in [0.15, 0.2) is 0 Å². The molecule has 1 atom stereocenters. The van der Waals surface area contributed by atoms with Crippen molar-refractivity contribution in [2.75, 3.05) is 13.2 Å². The molecule has 1 fully saturated rings. The van der Waals surface area contributed by atoms with E-state index in [1.165, 1.54) is 0 Å². The van der Waals surface area contributed by atoms with E-state index in [-0.39, 0.29) is 16.5 Å². The zero-order valence-corrected chi connectivity index (χ0v) is 15.6. The van der Waals surface area contributed by atoms with Crippen molar-refractivity contribution in [2.24, 2.45) is 13.0 Å². The highest BCUT2D eigenvalue weighted by Gasteiger charge is 2.30. The average molecular weight is 377 g/mol. The smallest absolute Gasteiger partial charge is 0.269 e. The van der Waals surface area contributed by atoms with Gasteiger partial charge in [0, 0.05) is 44.6 Å². The van der Waals surface area contributed by atoms with Crippen LogP contribution in [0.1, 0.15) is 33.6 Å². The highest BCUT2D eigenvalue weighted by atomic mass is 35.5. The molecule has 4 heterocycles. The van der Waals surface area contributed by atoms with Crippen molar-refractivity contribution >= 4 is 17.5 Å². The van der Waals surface area contributed by atoms with E-state index < -0.39 is 0 Å². The summed E-state index contributed by atoms with van der Waals surface area (Å²) in [5.74, 6) is 0.367. The minimum Gasteiger partial charge on any atom is -0.381 e. The van der Waals surface area contributed by atoms with Crippen LogP contribution in [0.25, 0.3) is 0 Å². The lowest BCUT2D eigenvalue weighted by atomic mass is 10.1. The molecule has 7 nitrogen and oxygen atoms in total. The number of rotatable bonds is 3. The first kappa shape index (κ1) is 17.3. The van der Waals surface area contributed by atoms with Crippen molar-refractivity contribution in [3.05, 3.63) is 50.2 Å². The number of carbonyl (C=O) groups is 1. The second kappa shape index (κ2) is 6.55. The number of pyridine rings is 1. The van der Waals surface area contributed by atoms with Gasteiger partial charge in [-0.15, -0.1) is 0 Å².